The molecular formula is C22H29ClN2O3. The minimum atomic E-state index is 0.170. The zero-order valence-electron chi connectivity index (χ0n) is 16.4. The Morgan fingerprint density at radius 3 is 2.61 bits per heavy atom. The molecule has 1 unspecified atom stereocenters. The van der Waals surface area contributed by atoms with Crippen LogP contribution in [0.2, 0.25) is 5.02 Å². The van der Waals surface area contributed by atoms with Crippen molar-refractivity contribution in [1.29, 1.82) is 0 Å². The fourth-order valence-electron chi connectivity index (χ4n) is 4.83. The number of piperidine rings is 2. The lowest BCUT2D eigenvalue weighted by Crippen LogP contribution is -2.53. The average molecular weight is 405 g/mol. The van der Waals surface area contributed by atoms with Crippen molar-refractivity contribution in [3.63, 3.8) is 0 Å². The highest BCUT2D eigenvalue weighted by molar-refractivity contribution is 6.30. The van der Waals surface area contributed by atoms with Gasteiger partial charge in [0.1, 0.15) is 0 Å². The van der Waals surface area contributed by atoms with E-state index in [9.17, 15) is 9.59 Å². The second-order valence-electron chi connectivity index (χ2n) is 8.59. The van der Waals surface area contributed by atoms with E-state index >= 15 is 0 Å². The van der Waals surface area contributed by atoms with Gasteiger partial charge in [0, 0.05) is 44.2 Å². The average Bonchev–Trinajstić information content (AvgIpc) is 3.20. The summed E-state index contributed by atoms with van der Waals surface area (Å²) in [6, 6.07) is 7.50. The third kappa shape index (κ3) is 4.52. The standard InChI is InChI=1S/C22H29ClN2O3/c23-18-5-3-17(4-6-18)14-21(27)24-11-9-22(10-12-24)8-7-20(26)25(16-22)15-19-2-1-13-28-19/h3-6,19H,1-2,7-16H2. The minimum absolute atomic E-state index is 0.170. The van der Waals surface area contributed by atoms with E-state index in [0.717, 1.165) is 70.5 Å². The number of carbonyl (C=O) groups excluding carboxylic acids is 2. The summed E-state index contributed by atoms with van der Waals surface area (Å²) in [5, 5.41) is 0.690. The van der Waals surface area contributed by atoms with Crippen LogP contribution in [0.1, 0.15) is 44.1 Å². The SMILES string of the molecule is O=C(Cc1ccc(Cl)cc1)N1CCC2(CCC(=O)N(CC3CCCO3)C2)CC1. The summed E-state index contributed by atoms with van der Waals surface area (Å²) in [7, 11) is 0. The second kappa shape index (κ2) is 8.42. The predicted molar refractivity (Wildman–Crippen MR) is 108 cm³/mol. The van der Waals surface area contributed by atoms with Crippen LogP contribution in [0.5, 0.6) is 0 Å². The zero-order valence-corrected chi connectivity index (χ0v) is 17.1. The molecule has 152 valence electrons. The summed E-state index contributed by atoms with van der Waals surface area (Å²) < 4.78 is 5.74. The molecule has 5 nitrogen and oxygen atoms in total. The molecule has 0 saturated carbocycles. The highest BCUT2D eigenvalue weighted by Crippen LogP contribution is 2.40. The first-order chi connectivity index (χ1) is 13.5. The molecule has 3 aliphatic rings. The Kier molecular flexibility index (Phi) is 5.93. The summed E-state index contributed by atoms with van der Waals surface area (Å²) in [5.41, 5.74) is 1.17. The first kappa shape index (κ1) is 19.7. The molecule has 3 heterocycles. The van der Waals surface area contributed by atoms with E-state index in [4.69, 9.17) is 16.3 Å². The van der Waals surface area contributed by atoms with Crippen LogP contribution >= 0.6 is 11.6 Å². The lowest BCUT2D eigenvalue weighted by atomic mass is 9.72. The Morgan fingerprint density at radius 2 is 1.93 bits per heavy atom. The number of carbonyl (C=O) groups is 2. The van der Waals surface area contributed by atoms with Crippen molar-refractivity contribution in [3.05, 3.63) is 34.9 Å². The van der Waals surface area contributed by atoms with E-state index in [0.29, 0.717) is 17.9 Å². The normalized spacial score (nSPS) is 24.8. The summed E-state index contributed by atoms with van der Waals surface area (Å²) in [6.07, 6.45) is 6.34. The molecule has 6 heteroatoms. The molecule has 4 rings (SSSR count). The van der Waals surface area contributed by atoms with Crippen molar-refractivity contribution in [3.8, 4) is 0 Å². The van der Waals surface area contributed by atoms with Gasteiger partial charge < -0.3 is 14.5 Å². The highest BCUT2D eigenvalue weighted by Gasteiger charge is 2.42. The molecule has 1 spiro atoms. The number of halogens is 1. The molecule has 0 radical (unpaired) electrons. The van der Waals surface area contributed by atoms with Crippen molar-refractivity contribution in [2.75, 3.05) is 32.8 Å². The van der Waals surface area contributed by atoms with E-state index in [-0.39, 0.29) is 23.3 Å². The number of hydrogen-bond donors (Lipinski definition) is 0. The lowest BCUT2D eigenvalue weighted by molar-refractivity contribution is -0.143. The van der Waals surface area contributed by atoms with Crippen LogP contribution < -0.4 is 0 Å². The van der Waals surface area contributed by atoms with Gasteiger partial charge in [-0.05, 0) is 55.2 Å². The van der Waals surface area contributed by atoms with Crippen molar-refractivity contribution < 1.29 is 14.3 Å². The molecule has 28 heavy (non-hydrogen) atoms. The largest absolute Gasteiger partial charge is 0.376 e. The fraction of sp³-hybridized carbons (Fsp3) is 0.636. The number of amides is 2. The minimum Gasteiger partial charge on any atom is -0.376 e. The van der Waals surface area contributed by atoms with Crippen molar-refractivity contribution in [1.82, 2.24) is 9.80 Å². The van der Waals surface area contributed by atoms with Crippen LogP contribution in [-0.2, 0) is 20.7 Å². The Balaban J connectivity index is 1.31. The van der Waals surface area contributed by atoms with E-state index in [2.05, 4.69) is 0 Å². The Labute approximate surface area is 172 Å². The molecule has 0 aromatic heterocycles. The smallest absolute Gasteiger partial charge is 0.226 e. The molecule has 1 aromatic rings. The second-order valence-corrected chi connectivity index (χ2v) is 9.03. The fourth-order valence-corrected chi connectivity index (χ4v) is 4.96. The van der Waals surface area contributed by atoms with Crippen LogP contribution in [0, 0.1) is 5.41 Å². The predicted octanol–water partition coefficient (Wildman–Crippen LogP) is 3.29. The van der Waals surface area contributed by atoms with Gasteiger partial charge in [0.05, 0.1) is 12.5 Å². The van der Waals surface area contributed by atoms with Gasteiger partial charge in [-0.25, -0.2) is 0 Å². The van der Waals surface area contributed by atoms with Gasteiger partial charge in [0.15, 0.2) is 0 Å². The lowest BCUT2D eigenvalue weighted by Gasteiger charge is -2.47. The summed E-state index contributed by atoms with van der Waals surface area (Å²) in [4.78, 5) is 29.1. The van der Waals surface area contributed by atoms with Crippen LogP contribution in [-0.4, -0.2) is 60.5 Å². The maximum atomic E-state index is 12.7. The summed E-state index contributed by atoms with van der Waals surface area (Å²) in [6.45, 7) is 3.95. The Morgan fingerprint density at radius 1 is 1.18 bits per heavy atom. The van der Waals surface area contributed by atoms with Crippen molar-refractivity contribution in [2.45, 2.75) is 51.0 Å². The van der Waals surface area contributed by atoms with Gasteiger partial charge in [-0.15, -0.1) is 0 Å². The molecule has 2 amide bonds. The maximum Gasteiger partial charge on any atom is 0.226 e. The molecule has 3 aliphatic heterocycles. The van der Waals surface area contributed by atoms with Crippen molar-refractivity contribution in [2.24, 2.45) is 5.41 Å². The van der Waals surface area contributed by atoms with Gasteiger partial charge in [-0.1, -0.05) is 23.7 Å². The van der Waals surface area contributed by atoms with Gasteiger partial charge in [-0.2, -0.15) is 0 Å². The number of ether oxygens (including phenoxy) is 1. The third-order valence-electron chi connectivity index (χ3n) is 6.64. The number of likely N-dealkylation sites (tertiary alicyclic amines) is 2. The molecule has 0 N–H and O–H groups in total. The molecule has 3 saturated heterocycles. The van der Waals surface area contributed by atoms with Crippen LogP contribution in [0.15, 0.2) is 24.3 Å². The molecule has 1 aromatic carbocycles. The molecular weight excluding hydrogens is 376 g/mol. The number of hydrogen-bond acceptors (Lipinski definition) is 3. The number of nitrogens with zero attached hydrogens (tertiary/aromatic N) is 2. The van der Waals surface area contributed by atoms with Crippen LogP contribution in [0.3, 0.4) is 0 Å². The summed E-state index contributed by atoms with van der Waals surface area (Å²) >= 11 is 5.92. The van der Waals surface area contributed by atoms with E-state index < -0.39 is 0 Å². The zero-order chi connectivity index (χ0) is 19.6. The van der Waals surface area contributed by atoms with Crippen LogP contribution in [0.25, 0.3) is 0 Å². The van der Waals surface area contributed by atoms with E-state index in [1.807, 2.05) is 34.1 Å². The van der Waals surface area contributed by atoms with E-state index in [1.165, 1.54) is 0 Å². The Hall–Kier alpha value is -1.59. The van der Waals surface area contributed by atoms with Crippen molar-refractivity contribution >= 4 is 23.4 Å². The molecule has 3 fully saturated rings. The maximum absolute atomic E-state index is 12.7. The first-order valence-corrected chi connectivity index (χ1v) is 10.8. The quantitative estimate of drug-likeness (QED) is 0.773. The van der Waals surface area contributed by atoms with Gasteiger partial charge in [0.25, 0.3) is 0 Å². The van der Waals surface area contributed by atoms with Crippen LogP contribution in [0.4, 0.5) is 0 Å². The Bertz CT molecular complexity index is 707. The molecule has 0 aliphatic carbocycles. The highest BCUT2D eigenvalue weighted by atomic mass is 35.5. The van der Waals surface area contributed by atoms with Gasteiger partial charge in [0.2, 0.25) is 11.8 Å². The van der Waals surface area contributed by atoms with Gasteiger partial charge in [-0.3, -0.25) is 9.59 Å². The third-order valence-corrected chi connectivity index (χ3v) is 6.89. The summed E-state index contributed by atoms with van der Waals surface area (Å²) in [5.74, 6) is 0.447. The number of benzene rings is 1. The topological polar surface area (TPSA) is 49.9 Å². The first-order valence-electron chi connectivity index (χ1n) is 10.4. The number of rotatable bonds is 4. The molecule has 1 atom stereocenters. The molecule has 0 bridgehead atoms. The van der Waals surface area contributed by atoms with Gasteiger partial charge >= 0.3 is 0 Å². The monoisotopic (exact) mass is 404 g/mol. The van der Waals surface area contributed by atoms with E-state index in [1.54, 1.807) is 0 Å².